The van der Waals surface area contributed by atoms with E-state index in [0.717, 1.165) is 21.7 Å². The predicted molar refractivity (Wildman–Crippen MR) is 74.6 cm³/mol. The van der Waals surface area contributed by atoms with E-state index in [9.17, 15) is 0 Å². The van der Waals surface area contributed by atoms with E-state index in [2.05, 4.69) is 15.2 Å². The first-order valence-corrected chi connectivity index (χ1v) is 6.50. The average molecular weight is 277 g/mol. The summed E-state index contributed by atoms with van der Waals surface area (Å²) in [7, 11) is 0. The number of thiazole rings is 1. The Kier molecular flexibility index (Phi) is 2.77. The zero-order valence-corrected chi connectivity index (χ0v) is 10.8. The summed E-state index contributed by atoms with van der Waals surface area (Å²) in [5, 5.41) is 7.65. The van der Waals surface area contributed by atoms with Gasteiger partial charge in [0.05, 0.1) is 21.6 Å². The number of hydrogen-bond acceptors (Lipinski definition) is 4. The number of halogens is 1. The van der Waals surface area contributed by atoms with Crippen molar-refractivity contribution in [2.24, 2.45) is 0 Å². The molecule has 0 radical (unpaired) electrons. The van der Waals surface area contributed by atoms with Crippen molar-refractivity contribution in [3.8, 4) is 21.7 Å². The smallest absolute Gasteiger partial charge is 0.153 e. The van der Waals surface area contributed by atoms with Gasteiger partial charge in [0.2, 0.25) is 0 Å². The summed E-state index contributed by atoms with van der Waals surface area (Å²) in [4.78, 5) is 5.04. The highest BCUT2D eigenvalue weighted by atomic mass is 35.5. The van der Waals surface area contributed by atoms with Crippen LogP contribution in [-0.4, -0.2) is 15.2 Å². The number of aromatic nitrogens is 3. The molecule has 2 aromatic heterocycles. The second-order valence-corrected chi connectivity index (χ2v) is 5.00. The van der Waals surface area contributed by atoms with Crippen molar-refractivity contribution in [2.75, 3.05) is 5.73 Å². The molecule has 90 valence electrons. The van der Waals surface area contributed by atoms with E-state index in [-0.39, 0.29) is 0 Å². The molecule has 3 rings (SSSR count). The van der Waals surface area contributed by atoms with Crippen LogP contribution in [0.15, 0.2) is 36.0 Å². The molecule has 0 amide bonds. The Morgan fingerprint density at radius 2 is 2.11 bits per heavy atom. The molecule has 0 aliphatic heterocycles. The maximum Gasteiger partial charge on any atom is 0.153 e. The van der Waals surface area contributed by atoms with Crippen molar-refractivity contribution < 1.29 is 0 Å². The molecule has 0 aliphatic carbocycles. The van der Waals surface area contributed by atoms with Gasteiger partial charge in [0, 0.05) is 16.8 Å². The van der Waals surface area contributed by atoms with Crippen LogP contribution >= 0.6 is 22.9 Å². The van der Waals surface area contributed by atoms with Crippen LogP contribution in [0.1, 0.15) is 0 Å². The lowest BCUT2D eigenvalue weighted by atomic mass is 10.0. The molecule has 1 aromatic carbocycles. The van der Waals surface area contributed by atoms with Crippen molar-refractivity contribution in [1.29, 1.82) is 0 Å². The second-order valence-electron chi connectivity index (χ2n) is 3.70. The number of anilines is 1. The highest BCUT2D eigenvalue weighted by Gasteiger charge is 2.17. The fraction of sp³-hybridized carbons (Fsp3) is 0. The third kappa shape index (κ3) is 1.77. The minimum absolute atomic E-state index is 0.437. The molecular weight excluding hydrogens is 268 g/mol. The fourth-order valence-electron chi connectivity index (χ4n) is 1.81. The normalized spacial score (nSPS) is 10.7. The van der Waals surface area contributed by atoms with Gasteiger partial charge in [-0.3, -0.25) is 10.1 Å². The standard InChI is InChI=1S/C12H9ClN4S/c13-8-4-2-1-3-7(8)10-11(16-17-12(10)14)9-5-15-6-18-9/h1-6H,(H3,14,16,17). The van der Waals surface area contributed by atoms with Crippen LogP contribution < -0.4 is 5.73 Å². The van der Waals surface area contributed by atoms with Crippen molar-refractivity contribution in [3.05, 3.63) is 41.0 Å². The highest BCUT2D eigenvalue weighted by Crippen LogP contribution is 2.39. The van der Waals surface area contributed by atoms with E-state index < -0.39 is 0 Å². The van der Waals surface area contributed by atoms with Gasteiger partial charge >= 0.3 is 0 Å². The van der Waals surface area contributed by atoms with Gasteiger partial charge in [-0.2, -0.15) is 5.10 Å². The fourth-order valence-corrected chi connectivity index (χ4v) is 2.66. The summed E-state index contributed by atoms with van der Waals surface area (Å²) in [5.74, 6) is 0.437. The van der Waals surface area contributed by atoms with Gasteiger partial charge in [-0.1, -0.05) is 29.8 Å². The SMILES string of the molecule is Nc1n[nH]c(-c2cncs2)c1-c1ccccc1Cl. The number of hydrogen-bond donors (Lipinski definition) is 2. The Bertz CT molecular complexity index is 675. The first-order valence-electron chi connectivity index (χ1n) is 5.25. The Morgan fingerprint density at radius 3 is 2.83 bits per heavy atom. The van der Waals surface area contributed by atoms with Crippen LogP contribution in [0.5, 0.6) is 0 Å². The van der Waals surface area contributed by atoms with Crippen molar-refractivity contribution in [2.45, 2.75) is 0 Å². The summed E-state index contributed by atoms with van der Waals surface area (Å²) < 4.78 is 0. The van der Waals surface area contributed by atoms with Crippen LogP contribution in [0.25, 0.3) is 21.7 Å². The van der Waals surface area contributed by atoms with E-state index in [1.165, 1.54) is 11.3 Å². The molecule has 2 heterocycles. The van der Waals surface area contributed by atoms with Crippen molar-refractivity contribution in [3.63, 3.8) is 0 Å². The molecule has 0 fully saturated rings. The van der Waals surface area contributed by atoms with Gasteiger partial charge < -0.3 is 5.73 Å². The largest absolute Gasteiger partial charge is 0.382 e. The van der Waals surface area contributed by atoms with Crippen molar-refractivity contribution in [1.82, 2.24) is 15.2 Å². The average Bonchev–Trinajstić information content (AvgIpc) is 2.99. The second kappa shape index (κ2) is 4.44. The van der Waals surface area contributed by atoms with Gasteiger partial charge in [-0.05, 0) is 6.07 Å². The van der Waals surface area contributed by atoms with Gasteiger partial charge in [-0.15, -0.1) is 11.3 Å². The summed E-state index contributed by atoms with van der Waals surface area (Å²) in [6, 6.07) is 7.56. The van der Waals surface area contributed by atoms with Crippen molar-refractivity contribution >= 4 is 28.8 Å². The number of nitrogens with zero attached hydrogens (tertiary/aromatic N) is 2. The monoisotopic (exact) mass is 276 g/mol. The van der Waals surface area contributed by atoms with E-state index in [1.54, 1.807) is 11.7 Å². The molecule has 0 bridgehead atoms. The maximum absolute atomic E-state index is 6.21. The molecule has 6 heteroatoms. The zero-order chi connectivity index (χ0) is 12.5. The molecular formula is C12H9ClN4S. The third-order valence-corrected chi connectivity index (χ3v) is 3.74. The predicted octanol–water partition coefficient (Wildman–Crippen LogP) is 3.44. The molecule has 18 heavy (non-hydrogen) atoms. The van der Waals surface area contributed by atoms with E-state index in [0.29, 0.717) is 10.8 Å². The lowest BCUT2D eigenvalue weighted by molar-refractivity contribution is 1.10. The van der Waals surface area contributed by atoms with Gasteiger partial charge in [-0.25, -0.2) is 0 Å². The quantitative estimate of drug-likeness (QED) is 0.753. The van der Waals surface area contributed by atoms with E-state index in [1.807, 2.05) is 24.3 Å². The summed E-state index contributed by atoms with van der Waals surface area (Å²) in [6.07, 6.45) is 1.78. The minimum atomic E-state index is 0.437. The Morgan fingerprint density at radius 1 is 1.28 bits per heavy atom. The number of rotatable bonds is 2. The van der Waals surface area contributed by atoms with Crippen LogP contribution in [0.4, 0.5) is 5.82 Å². The summed E-state index contributed by atoms with van der Waals surface area (Å²) in [6.45, 7) is 0. The molecule has 0 saturated carbocycles. The van der Waals surface area contributed by atoms with E-state index in [4.69, 9.17) is 17.3 Å². The van der Waals surface area contributed by atoms with Crippen LogP contribution in [0, 0.1) is 0 Å². The Labute approximate surface area is 112 Å². The molecule has 0 atom stereocenters. The molecule has 4 nitrogen and oxygen atoms in total. The summed E-state index contributed by atoms with van der Waals surface area (Å²) >= 11 is 7.73. The number of aromatic amines is 1. The molecule has 3 N–H and O–H groups in total. The Hall–Kier alpha value is -1.85. The highest BCUT2D eigenvalue weighted by molar-refractivity contribution is 7.13. The molecule has 3 aromatic rings. The minimum Gasteiger partial charge on any atom is -0.382 e. The number of nitrogens with two attached hydrogens (primary N) is 1. The Balaban J connectivity index is 2.24. The van der Waals surface area contributed by atoms with Gasteiger partial charge in [0.15, 0.2) is 5.82 Å². The van der Waals surface area contributed by atoms with Crippen LogP contribution in [0.2, 0.25) is 5.02 Å². The zero-order valence-electron chi connectivity index (χ0n) is 9.22. The number of nitrogens with one attached hydrogen (secondary N) is 1. The van der Waals surface area contributed by atoms with Gasteiger partial charge in [0.25, 0.3) is 0 Å². The van der Waals surface area contributed by atoms with Crippen LogP contribution in [-0.2, 0) is 0 Å². The lowest BCUT2D eigenvalue weighted by Gasteiger charge is -2.04. The first-order chi connectivity index (χ1) is 8.77. The maximum atomic E-state index is 6.21. The van der Waals surface area contributed by atoms with Crippen LogP contribution in [0.3, 0.4) is 0 Å². The van der Waals surface area contributed by atoms with Gasteiger partial charge in [0.1, 0.15) is 0 Å². The third-order valence-electron chi connectivity index (χ3n) is 2.62. The number of H-pyrrole nitrogens is 1. The first kappa shape index (κ1) is 11.3. The topological polar surface area (TPSA) is 67.6 Å². The number of nitrogen functional groups attached to an aromatic ring is 1. The summed E-state index contributed by atoms with van der Waals surface area (Å²) in [5.41, 5.74) is 10.2. The van der Waals surface area contributed by atoms with E-state index >= 15 is 0 Å². The number of benzene rings is 1. The molecule has 0 aliphatic rings. The molecule has 0 saturated heterocycles. The lowest BCUT2D eigenvalue weighted by Crippen LogP contribution is -1.89. The molecule has 0 unspecified atom stereocenters. The molecule has 0 spiro atoms.